The number of likely N-dealkylation sites (tertiary alicyclic amines) is 1. The molecule has 0 radical (unpaired) electrons. The van der Waals surface area contributed by atoms with Gasteiger partial charge in [0.15, 0.2) is 0 Å². The molecule has 132 valence electrons. The molecular formula is C18H26Cl2N4. The molecule has 24 heavy (non-hydrogen) atoms. The Hall–Kier alpha value is -1.07. The van der Waals surface area contributed by atoms with Crippen LogP contribution in [0.2, 0.25) is 5.02 Å². The lowest BCUT2D eigenvalue weighted by Crippen LogP contribution is -2.52. The fraction of sp³-hybridized carbons (Fsp3) is 0.500. The van der Waals surface area contributed by atoms with Gasteiger partial charge in [0.1, 0.15) is 0 Å². The lowest BCUT2D eigenvalue weighted by atomic mass is 9.79. The largest absolute Gasteiger partial charge is 0.327 e. The molecule has 1 unspecified atom stereocenters. The highest BCUT2D eigenvalue weighted by atomic mass is 35.5. The summed E-state index contributed by atoms with van der Waals surface area (Å²) in [6.07, 6.45) is 3.13. The molecule has 2 heterocycles. The van der Waals surface area contributed by atoms with Crippen LogP contribution in [0.15, 0.2) is 30.5 Å². The van der Waals surface area contributed by atoms with E-state index in [0.717, 1.165) is 42.3 Å². The van der Waals surface area contributed by atoms with Gasteiger partial charge in [0, 0.05) is 50.0 Å². The fourth-order valence-electron chi connectivity index (χ4n) is 3.39. The van der Waals surface area contributed by atoms with Crippen LogP contribution in [0, 0.1) is 5.41 Å². The van der Waals surface area contributed by atoms with E-state index in [9.17, 15) is 0 Å². The van der Waals surface area contributed by atoms with E-state index >= 15 is 0 Å². The number of halogens is 2. The number of hydrogen-bond acceptors (Lipinski definition) is 3. The van der Waals surface area contributed by atoms with E-state index < -0.39 is 0 Å². The van der Waals surface area contributed by atoms with Crippen LogP contribution in [0.25, 0.3) is 11.3 Å². The van der Waals surface area contributed by atoms with Crippen molar-refractivity contribution in [3.05, 3.63) is 41.0 Å². The number of hydrogen-bond donors (Lipinski definition) is 1. The third-order valence-electron chi connectivity index (χ3n) is 4.82. The number of nitrogens with zero attached hydrogens (tertiary/aromatic N) is 3. The molecule has 2 N–H and O–H groups in total. The van der Waals surface area contributed by atoms with Gasteiger partial charge in [-0.05, 0) is 17.9 Å². The van der Waals surface area contributed by atoms with Crippen molar-refractivity contribution in [3.63, 3.8) is 0 Å². The van der Waals surface area contributed by atoms with Crippen LogP contribution < -0.4 is 5.73 Å². The SMILES string of the molecule is Cl.Cn1cc(CN2CCC(N)C(C)(C)C2)c(-c2ccccc2Cl)n1. The molecule has 2 aromatic rings. The highest BCUT2D eigenvalue weighted by Gasteiger charge is 2.33. The van der Waals surface area contributed by atoms with Gasteiger partial charge in [-0.1, -0.05) is 43.6 Å². The second kappa shape index (κ2) is 7.44. The Labute approximate surface area is 155 Å². The van der Waals surface area contributed by atoms with E-state index in [1.807, 2.05) is 36.0 Å². The molecule has 1 aromatic carbocycles. The highest BCUT2D eigenvalue weighted by molar-refractivity contribution is 6.33. The smallest absolute Gasteiger partial charge is 0.0983 e. The Morgan fingerprint density at radius 1 is 1.33 bits per heavy atom. The first kappa shape index (κ1) is 19.3. The summed E-state index contributed by atoms with van der Waals surface area (Å²) in [5.41, 5.74) is 9.59. The van der Waals surface area contributed by atoms with Gasteiger partial charge < -0.3 is 5.73 Å². The lowest BCUT2D eigenvalue weighted by Gasteiger charge is -2.42. The molecule has 0 saturated carbocycles. The Balaban J connectivity index is 0.00000208. The molecule has 0 amide bonds. The highest BCUT2D eigenvalue weighted by Crippen LogP contribution is 2.32. The molecule has 4 nitrogen and oxygen atoms in total. The van der Waals surface area contributed by atoms with Crippen LogP contribution in [-0.4, -0.2) is 33.8 Å². The normalized spacial score (nSPS) is 20.6. The van der Waals surface area contributed by atoms with E-state index in [1.165, 1.54) is 5.56 Å². The van der Waals surface area contributed by atoms with Gasteiger partial charge in [0.25, 0.3) is 0 Å². The molecule has 0 spiro atoms. The second-order valence-electron chi connectivity index (χ2n) is 7.25. The molecule has 1 fully saturated rings. The topological polar surface area (TPSA) is 47.1 Å². The molecule has 1 saturated heterocycles. The standard InChI is InChI=1S/C18H25ClN4.ClH/c1-18(2)12-23(9-8-16(18)20)11-13-10-22(3)21-17(13)14-6-4-5-7-15(14)19;/h4-7,10,16H,8-9,11-12,20H2,1-3H3;1H. The summed E-state index contributed by atoms with van der Waals surface area (Å²) < 4.78 is 1.87. The maximum atomic E-state index is 6.37. The summed E-state index contributed by atoms with van der Waals surface area (Å²) in [6.45, 7) is 7.42. The summed E-state index contributed by atoms with van der Waals surface area (Å²) in [5, 5.41) is 5.38. The second-order valence-corrected chi connectivity index (χ2v) is 7.66. The minimum Gasteiger partial charge on any atom is -0.327 e. The quantitative estimate of drug-likeness (QED) is 0.897. The van der Waals surface area contributed by atoms with E-state index in [4.69, 9.17) is 17.3 Å². The van der Waals surface area contributed by atoms with Gasteiger partial charge >= 0.3 is 0 Å². The van der Waals surface area contributed by atoms with Crippen molar-refractivity contribution in [2.24, 2.45) is 18.2 Å². The minimum absolute atomic E-state index is 0. The van der Waals surface area contributed by atoms with Gasteiger partial charge in [-0.25, -0.2) is 0 Å². The molecule has 1 aromatic heterocycles. The number of aryl methyl sites for hydroxylation is 1. The van der Waals surface area contributed by atoms with Crippen molar-refractivity contribution < 1.29 is 0 Å². The molecule has 0 bridgehead atoms. The average Bonchev–Trinajstić information content (AvgIpc) is 2.83. The zero-order valence-electron chi connectivity index (χ0n) is 14.5. The van der Waals surface area contributed by atoms with Crippen LogP contribution >= 0.6 is 24.0 Å². The van der Waals surface area contributed by atoms with Crippen LogP contribution in [0.1, 0.15) is 25.8 Å². The Kier molecular flexibility index (Phi) is 5.97. The van der Waals surface area contributed by atoms with Gasteiger partial charge in [-0.3, -0.25) is 9.58 Å². The van der Waals surface area contributed by atoms with Crippen molar-refractivity contribution in [2.75, 3.05) is 13.1 Å². The molecule has 1 aliphatic rings. The molecule has 1 aliphatic heterocycles. The Morgan fingerprint density at radius 2 is 2.04 bits per heavy atom. The van der Waals surface area contributed by atoms with Crippen molar-refractivity contribution in [3.8, 4) is 11.3 Å². The maximum Gasteiger partial charge on any atom is 0.0983 e. The molecule has 0 aliphatic carbocycles. The monoisotopic (exact) mass is 368 g/mol. The maximum absolute atomic E-state index is 6.37. The number of piperidine rings is 1. The van der Waals surface area contributed by atoms with Crippen molar-refractivity contribution in [1.82, 2.24) is 14.7 Å². The number of rotatable bonds is 3. The van der Waals surface area contributed by atoms with Gasteiger partial charge in [-0.2, -0.15) is 5.10 Å². The van der Waals surface area contributed by atoms with Gasteiger partial charge in [0.05, 0.1) is 10.7 Å². The Bertz CT molecular complexity index is 696. The average molecular weight is 369 g/mol. The first-order valence-electron chi connectivity index (χ1n) is 8.12. The van der Waals surface area contributed by atoms with Gasteiger partial charge in [0.2, 0.25) is 0 Å². The minimum atomic E-state index is 0. The van der Waals surface area contributed by atoms with Crippen molar-refractivity contribution in [2.45, 2.75) is 32.9 Å². The lowest BCUT2D eigenvalue weighted by molar-refractivity contribution is 0.0900. The number of benzene rings is 1. The molecule has 3 rings (SSSR count). The van der Waals surface area contributed by atoms with Crippen LogP contribution in [-0.2, 0) is 13.6 Å². The first-order chi connectivity index (χ1) is 10.9. The van der Waals surface area contributed by atoms with Crippen LogP contribution in [0.3, 0.4) is 0 Å². The summed E-state index contributed by atoms with van der Waals surface area (Å²) in [4.78, 5) is 2.47. The van der Waals surface area contributed by atoms with E-state index in [1.54, 1.807) is 0 Å². The molecule has 6 heteroatoms. The van der Waals surface area contributed by atoms with Crippen LogP contribution in [0.4, 0.5) is 0 Å². The van der Waals surface area contributed by atoms with Gasteiger partial charge in [-0.15, -0.1) is 12.4 Å². The predicted octanol–water partition coefficient (Wildman–Crippen LogP) is 3.72. The number of nitrogens with two attached hydrogens (primary N) is 1. The molecule has 1 atom stereocenters. The van der Waals surface area contributed by atoms with E-state index in [0.29, 0.717) is 0 Å². The third kappa shape index (κ3) is 3.94. The summed E-state index contributed by atoms with van der Waals surface area (Å²) in [6, 6.07) is 8.17. The van der Waals surface area contributed by atoms with Crippen molar-refractivity contribution in [1.29, 1.82) is 0 Å². The van der Waals surface area contributed by atoms with Crippen LogP contribution in [0.5, 0.6) is 0 Å². The van der Waals surface area contributed by atoms with E-state index in [-0.39, 0.29) is 23.9 Å². The summed E-state index contributed by atoms with van der Waals surface area (Å²) >= 11 is 6.37. The zero-order valence-corrected chi connectivity index (χ0v) is 16.1. The Morgan fingerprint density at radius 3 is 2.71 bits per heavy atom. The molecular weight excluding hydrogens is 343 g/mol. The fourth-order valence-corrected chi connectivity index (χ4v) is 3.62. The van der Waals surface area contributed by atoms with E-state index in [2.05, 4.69) is 30.0 Å². The van der Waals surface area contributed by atoms with Crippen molar-refractivity contribution >= 4 is 24.0 Å². The number of aromatic nitrogens is 2. The predicted molar refractivity (Wildman–Crippen MR) is 103 cm³/mol. The third-order valence-corrected chi connectivity index (χ3v) is 5.15. The summed E-state index contributed by atoms with van der Waals surface area (Å²) in [7, 11) is 1.96. The summed E-state index contributed by atoms with van der Waals surface area (Å²) in [5.74, 6) is 0. The zero-order chi connectivity index (χ0) is 16.6. The first-order valence-corrected chi connectivity index (χ1v) is 8.50.